The van der Waals surface area contributed by atoms with Crippen LogP contribution in [0.2, 0.25) is 0 Å². The van der Waals surface area contributed by atoms with Gasteiger partial charge >= 0.3 is 5.97 Å². The smallest absolute Gasteiger partial charge is 0.343 e. The summed E-state index contributed by atoms with van der Waals surface area (Å²) < 4.78 is 5.35. The van der Waals surface area contributed by atoms with Gasteiger partial charge in [0.1, 0.15) is 5.75 Å². The van der Waals surface area contributed by atoms with Gasteiger partial charge in [-0.05, 0) is 89.9 Å². The second-order valence-electron chi connectivity index (χ2n) is 8.20. The van der Waals surface area contributed by atoms with E-state index in [0.29, 0.717) is 22.4 Å². The molecule has 176 valence electrons. The first-order valence-electron chi connectivity index (χ1n) is 11.7. The number of ether oxygens (including phenoxy) is 1. The zero-order chi connectivity index (χ0) is 26.0. The molecule has 0 aliphatic rings. The molecule has 4 nitrogen and oxygen atoms in total. The largest absolute Gasteiger partial charge is 0.423 e. The highest BCUT2D eigenvalue weighted by Crippen LogP contribution is 2.20. The van der Waals surface area contributed by atoms with Crippen LogP contribution in [0.4, 0.5) is 0 Å². The summed E-state index contributed by atoms with van der Waals surface area (Å²) in [6.07, 6.45) is 2.77. The Bertz CT molecular complexity index is 1570. The van der Waals surface area contributed by atoms with Crippen molar-refractivity contribution in [1.29, 1.82) is 10.5 Å². The first kappa shape index (κ1) is 24.7. The van der Waals surface area contributed by atoms with Crippen LogP contribution in [0, 0.1) is 34.5 Å². The molecule has 37 heavy (non-hydrogen) atoms. The monoisotopic (exact) mass is 478 g/mol. The minimum atomic E-state index is -0.501. The van der Waals surface area contributed by atoms with Gasteiger partial charge in [-0.25, -0.2) is 4.79 Å². The van der Waals surface area contributed by atoms with Gasteiger partial charge in [0.15, 0.2) is 0 Å². The Balaban J connectivity index is 1.43. The standard InChI is InChI=1S/C33H22N2O2/c1-2-24-3-5-25(6-4-24)7-8-26-9-15-29(16-10-26)31(23-35)21-27-11-17-30(18-12-27)33(36)37-32-19-13-28(22-34)14-20-32/h3-6,9-21H,2H2,1H3/b31-21+. The van der Waals surface area contributed by atoms with Crippen LogP contribution in [0.25, 0.3) is 11.6 Å². The topological polar surface area (TPSA) is 73.9 Å². The van der Waals surface area contributed by atoms with Gasteiger partial charge in [0.25, 0.3) is 0 Å². The minimum absolute atomic E-state index is 0.363. The third-order valence-electron chi connectivity index (χ3n) is 5.68. The van der Waals surface area contributed by atoms with Crippen molar-refractivity contribution < 1.29 is 9.53 Å². The number of rotatable bonds is 5. The minimum Gasteiger partial charge on any atom is -0.423 e. The van der Waals surface area contributed by atoms with Crippen LogP contribution in [0.3, 0.4) is 0 Å². The van der Waals surface area contributed by atoms with Crippen LogP contribution in [0.15, 0.2) is 97.1 Å². The second kappa shape index (κ2) is 11.9. The molecule has 0 fully saturated rings. The van der Waals surface area contributed by atoms with E-state index in [1.165, 1.54) is 5.56 Å². The SMILES string of the molecule is CCc1ccc(C#Cc2ccc(/C(C#N)=C/c3ccc(C(=O)Oc4ccc(C#N)cc4)cc3)cc2)cc1. The molecule has 0 saturated carbocycles. The Labute approximate surface area is 216 Å². The normalized spacial score (nSPS) is 10.4. The van der Waals surface area contributed by atoms with Crippen LogP contribution in [0.5, 0.6) is 5.75 Å². The molecule has 4 heteroatoms. The Morgan fingerprint density at radius 1 is 0.730 bits per heavy atom. The van der Waals surface area contributed by atoms with Crippen LogP contribution in [-0.4, -0.2) is 5.97 Å². The fourth-order valence-corrected chi connectivity index (χ4v) is 3.53. The van der Waals surface area contributed by atoms with Crippen molar-refractivity contribution >= 4 is 17.6 Å². The predicted molar refractivity (Wildman–Crippen MR) is 144 cm³/mol. The molecule has 0 aromatic heterocycles. The third-order valence-corrected chi connectivity index (χ3v) is 5.68. The zero-order valence-corrected chi connectivity index (χ0v) is 20.2. The van der Waals surface area contributed by atoms with E-state index in [-0.39, 0.29) is 0 Å². The third kappa shape index (κ3) is 6.61. The summed E-state index contributed by atoms with van der Waals surface area (Å²) in [5, 5.41) is 18.6. The predicted octanol–water partition coefficient (Wildman–Crippen LogP) is 6.80. The first-order chi connectivity index (χ1) is 18.1. The number of carbonyl (C=O) groups excluding carboxylic acids is 1. The number of nitrogens with zero attached hydrogens (tertiary/aromatic N) is 2. The van der Waals surface area contributed by atoms with E-state index in [4.69, 9.17) is 10.00 Å². The van der Waals surface area contributed by atoms with E-state index < -0.39 is 5.97 Å². The lowest BCUT2D eigenvalue weighted by atomic mass is 10.0. The number of allylic oxidation sites excluding steroid dienone is 1. The molecular formula is C33H22N2O2. The Kier molecular flexibility index (Phi) is 7.93. The summed E-state index contributed by atoms with van der Waals surface area (Å²) in [6, 6.07) is 33.2. The van der Waals surface area contributed by atoms with Gasteiger partial charge in [0, 0.05) is 11.1 Å². The first-order valence-corrected chi connectivity index (χ1v) is 11.7. The summed E-state index contributed by atoms with van der Waals surface area (Å²) in [4.78, 5) is 12.4. The van der Waals surface area contributed by atoms with Crippen molar-refractivity contribution in [2.45, 2.75) is 13.3 Å². The van der Waals surface area contributed by atoms with E-state index in [9.17, 15) is 10.1 Å². The lowest BCUT2D eigenvalue weighted by Crippen LogP contribution is -2.08. The van der Waals surface area contributed by atoms with Gasteiger partial charge in [0.05, 0.1) is 28.8 Å². The van der Waals surface area contributed by atoms with Gasteiger partial charge in [-0.15, -0.1) is 0 Å². The number of carbonyl (C=O) groups is 1. The molecule has 0 unspecified atom stereocenters. The maximum Gasteiger partial charge on any atom is 0.343 e. The van der Waals surface area contributed by atoms with Crippen molar-refractivity contribution in [1.82, 2.24) is 0 Å². The Morgan fingerprint density at radius 3 is 1.81 bits per heavy atom. The molecule has 0 spiro atoms. The van der Waals surface area contributed by atoms with Crippen molar-refractivity contribution in [3.05, 3.63) is 136 Å². The second-order valence-corrected chi connectivity index (χ2v) is 8.20. The highest BCUT2D eigenvalue weighted by Gasteiger charge is 2.09. The molecular weight excluding hydrogens is 456 g/mol. The van der Waals surface area contributed by atoms with E-state index >= 15 is 0 Å². The number of aryl methyl sites for hydroxylation is 1. The van der Waals surface area contributed by atoms with Crippen molar-refractivity contribution in [3.63, 3.8) is 0 Å². The molecule has 0 heterocycles. The molecule has 4 aromatic carbocycles. The van der Waals surface area contributed by atoms with Crippen LogP contribution in [0.1, 0.15) is 50.7 Å². The maximum atomic E-state index is 12.4. The van der Waals surface area contributed by atoms with Gasteiger partial charge < -0.3 is 4.74 Å². The molecule has 0 radical (unpaired) electrons. The molecule has 0 saturated heterocycles. The average Bonchev–Trinajstić information content (AvgIpc) is 2.96. The molecule has 0 bridgehead atoms. The summed E-state index contributed by atoms with van der Waals surface area (Å²) in [5.41, 5.74) is 6.05. The van der Waals surface area contributed by atoms with Crippen molar-refractivity contribution in [2.24, 2.45) is 0 Å². The Morgan fingerprint density at radius 2 is 1.27 bits per heavy atom. The summed E-state index contributed by atoms with van der Waals surface area (Å²) in [5.74, 6) is 6.19. The molecule has 0 atom stereocenters. The van der Waals surface area contributed by atoms with Gasteiger partial charge in [0.2, 0.25) is 0 Å². The highest BCUT2D eigenvalue weighted by molar-refractivity contribution is 5.93. The quantitative estimate of drug-likeness (QED) is 0.104. The van der Waals surface area contributed by atoms with Gasteiger partial charge in [-0.2, -0.15) is 10.5 Å². The van der Waals surface area contributed by atoms with E-state index in [0.717, 1.165) is 28.7 Å². The maximum absolute atomic E-state index is 12.4. The van der Waals surface area contributed by atoms with Crippen LogP contribution in [-0.2, 0) is 6.42 Å². The number of benzene rings is 4. The highest BCUT2D eigenvalue weighted by atomic mass is 16.5. The molecule has 0 N–H and O–H groups in total. The van der Waals surface area contributed by atoms with Crippen molar-refractivity contribution in [3.8, 4) is 29.7 Å². The number of hydrogen-bond acceptors (Lipinski definition) is 4. The lowest BCUT2D eigenvalue weighted by Gasteiger charge is -2.05. The van der Waals surface area contributed by atoms with Crippen LogP contribution >= 0.6 is 0 Å². The summed E-state index contributed by atoms with van der Waals surface area (Å²) >= 11 is 0. The molecule has 0 amide bonds. The van der Waals surface area contributed by atoms with E-state index in [1.807, 2.05) is 42.5 Å². The molecule has 4 rings (SSSR count). The molecule has 0 aliphatic heterocycles. The number of hydrogen-bond donors (Lipinski definition) is 0. The average molecular weight is 479 g/mol. The van der Waals surface area contributed by atoms with E-state index in [2.05, 4.69) is 37.0 Å². The molecule has 4 aromatic rings. The number of nitriles is 2. The summed E-state index contributed by atoms with van der Waals surface area (Å²) in [6.45, 7) is 2.12. The fraction of sp³-hybridized carbons (Fsp3) is 0.0606. The Hall–Kier alpha value is -5.37. The lowest BCUT2D eigenvalue weighted by molar-refractivity contribution is 0.0734. The number of esters is 1. The van der Waals surface area contributed by atoms with Crippen LogP contribution < -0.4 is 4.74 Å². The molecule has 0 aliphatic carbocycles. The summed E-state index contributed by atoms with van der Waals surface area (Å²) in [7, 11) is 0. The van der Waals surface area contributed by atoms with E-state index in [1.54, 1.807) is 54.6 Å². The zero-order valence-electron chi connectivity index (χ0n) is 20.2. The van der Waals surface area contributed by atoms with Gasteiger partial charge in [-0.3, -0.25) is 0 Å². The van der Waals surface area contributed by atoms with Crippen molar-refractivity contribution in [2.75, 3.05) is 0 Å². The fourth-order valence-electron chi connectivity index (χ4n) is 3.53. The van der Waals surface area contributed by atoms with Gasteiger partial charge in [-0.1, -0.05) is 55.2 Å².